The third-order valence-corrected chi connectivity index (χ3v) is 1.98. The first-order chi connectivity index (χ1) is 7.00. The van der Waals surface area contributed by atoms with E-state index in [1.807, 2.05) is 13.8 Å². The highest BCUT2D eigenvalue weighted by Gasteiger charge is 2.04. The zero-order chi connectivity index (χ0) is 11.4. The smallest absolute Gasteiger partial charge is 0.248 e. The van der Waals surface area contributed by atoms with Gasteiger partial charge < -0.3 is 10.4 Å². The van der Waals surface area contributed by atoms with E-state index < -0.39 is 0 Å². The van der Waals surface area contributed by atoms with E-state index in [9.17, 15) is 9.90 Å². The zero-order valence-corrected chi connectivity index (χ0v) is 9.16. The topological polar surface area (TPSA) is 49.3 Å². The van der Waals surface area contributed by atoms with Gasteiger partial charge in [-0.1, -0.05) is 11.6 Å². The molecular formula is C12H15NO2. The van der Waals surface area contributed by atoms with Crippen LogP contribution in [0.15, 0.2) is 29.8 Å². The summed E-state index contributed by atoms with van der Waals surface area (Å²) in [5, 5.41) is 12.1. The van der Waals surface area contributed by atoms with Crippen molar-refractivity contribution in [2.24, 2.45) is 0 Å². The van der Waals surface area contributed by atoms with Gasteiger partial charge in [0.1, 0.15) is 5.75 Å². The quantitative estimate of drug-likeness (QED) is 0.729. The number of hydrogen-bond acceptors (Lipinski definition) is 2. The highest BCUT2D eigenvalue weighted by atomic mass is 16.3. The molecule has 3 heteroatoms. The van der Waals surface area contributed by atoms with Gasteiger partial charge in [-0.2, -0.15) is 0 Å². The number of hydrogen-bond donors (Lipinski definition) is 2. The molecule has 80 valence electrons. The minimum Gasteiger partial charge on any atom is -0.508 e. The zero-order valence-electron chi connectivity index (χ0n) is 9.16. The fourth-order valence-electron chi connectivity index (χ4n) is 1.19. The molecule has 15 heavy (non-hydrogen) atoms. The number of benzene rings is 1. The van der Waals surface area contributed by atoms with E-state index >= 15 is 0 Å². The Hall–Kier alpha value is -1.77. The molecule has 0 spiro atoms. The molecule has 0 saturated carbocycles. The van der Waals surface area contributed by atoms with E-state index in [4.69, 9.17) is 0 Å². The monoisotopic (exact) mass is 205 g/mol. The molecule has 0 heterocycles. The first-order valence-corrected chi connectivity index (χ1v) is 4.75. The molecule has 0 aliphatic carbocycles. The summed E-state index contributed by atoms with van der Waals surface area (Å²) in [6.45, 7) is 5.47. The summed E-state index contributed by atoms with van der Waals surface area (Å²) in [6.07, 6.45) is 1.52. The van der Waals surface area contributed by atoms with Crippen LogP contribution in [0.4, 0.5) is 5.69 Å². The molecule has 0 bridgehead atoms. The lowest BCUT2D eigenvalue weighted by Crippen LogP contribution is -2.09. The second kappa shape index (κ2) is 4.64. The standard InChI is InChI=1S/C12H15NO2/c1-8(2)7-12(15)13-10-5-4-6-11(14)9(10)3/h4-7,14H,1-3H3,(H,13,15). The molecule has 0 aliphatic rings. The van der Waals surface area contributed by atoms with E-state index in [-0.39, 0.29) is 11.7 Å². The minimum absolute atomic E-state index is 0.177. The number of nitrogens with one attached hydrogen (secondary N) is 1. The Bertz CT molecular complexity index is 404. The lowest BCUT2D eigenvalue weighted by atomic mass is 10.2. The number of amides is 1. The highest BCUT2D eigenvalue weighted by Crippen LogP contribution is 2.23. The predicted octanol–water partition coefficient (Wildman–Crippen LogP) is 2.61. The van der Waals surface area contributed by atoms with Gasteiger partial charge in [-0.05, 0) is 32.9 Å². The molecule has 0 radical (unpaired) electrons. The van der Waals surface area contributed by atoms with Gasteiger partial charge in [0.05, 0.1) is 0 Å². The van der Waals surface area contributed by atoms with Gasteiger partial charge in [-0.25, -0.2) is 0 Å². The molecule has 0 aliphatic heterocycles. The van der Waals surface area contributed by atoms with Crippen LogP contribution in [0.5, 0.6) is 5.75 Å². The third kappa shape index (κ3) is 3.13. The first kappa shape index (κ1) is 11.3. The maximum absolute atomic E-state index is 11.4. The van der Waals surface area contributed by atoms with Crippen LogP contribution in [-0.4, -0.2) is 11.0 Å². The lowest BCUT2D eigenvalue weighted by Gasteiger charge is -2.07. The summed E-state index contributed by atoms with van der Waals surface area (Å²) in [5.41, 5.74) is 2.25. The van der Waals surface area contributed by atoms with Gasteiger partial charge >= 0.3 is 0 Å². The Balaban J connectivity index is 2.86. The Morgan fingerprint density at radius 3 is 2.67 bits per heavy atom. The molecule has 0 fully saturated rings. The number of rotatable bonds is 2. The van der Waals surface area contributed by atoms with E-state index in [0.717, 1.165) is 5.57 Å². The third-order valence-electron chi connectivity index (χ3n) is 1.98. The van der Waals surface area contributed by atoms with Crippen molar-refractivity contribution in [1.82, 2.24) is 0 Å². The van der Waals surface area contributed by atoms with Crippen molar-refractivity contribution in [2.75, 3.05) is 5.32 Å². The van der Waals surface area contributed by atoms with Crippen LogP contribution >= 0.6 is 0 Å². The second-order valence-corrected chi connectivity index (χ2v) is 3.66. The van der Waals surface area contributed by atoms with Crippen molar-refractivity contribution in [2.45, 2.75) is 20.8 Å². The molecule has 0 aromatic heterocycles. The summed E-state index contributed by atoms with van der Waals surface area (Å²) in [4.78, 5) is 11.4. The molecule has 1 amide bonds. The van der Waals surface area contributed by atoms with Crippen LogP contribution < -0.4 is 5.32 Å². The Morgan fingerprint density at radius 2 is 2.07 bits per heavy atom. The van der Waals surface area contributed by atoms with E-state index in [2.05, 4.69) is 5.32 Å². The lowest BCUT2D eigenvalue weighted by molar-refractivity contribution is -0.111. The van der Waals surface area contributed by atoms with Crippen molar-refractivity contribution in [1.29, 1.82) is 0 Å². The van der Waals surface area contributed by atoms with E-state index in [0.29, 0.717) is 11.3 Å². The highest BCUT2D eigenvalue weighted by molar-refractivity contribution is 6.00. The second-order valence-electron chi connectivity index (χ2n) is 3.66. The van der Waals surface area contributed by atoms with Gasteiger partial charge in [0.2, 0.25) is 5.91 Å². The van der Waals surface area contributed by atoms with Gasteiger partial charge in [-0.3, -0.25) is 4.79 Å². The van der Waals surface area contributed by atoms with Crippen molar-refractivity contribution >= 4 is 11.6 Å². The molecule has 0 unspecified atom stereocenters. The van der Waals surface area contributed by atoms with Crippen LogP contribution in [0.3, 0.4) is 0 Å². The molecule has 1 rings (SSSR count). The average Bonchev–Trinajstić information content (AvgIpc) is 2.11. The molecular weight excluding hydrogens is 190 g/mol. The SMILES string of the molecule is CC(C)=CC(=O)Nc1cccc(O)c1C. The van der Waals surface area contributed by atoms with Crippen molar-refractivity contribution < 1.29 is 9.90 Å². The first-order valence-electron chi connectivity index (χ1n) is 4.75. The average molecular weight is 205 g/mol. The van der Waals surface area contributed by atoms with Crippen molar-refractivity contribution in [3.8, 4) is 5.75 Å². The van der Waals surface area contributed by atoms with Crippen molar-refractivity contribution in [3.63, 3.8) is 0 Å². The van der Waals surface area contributed by atoms with Crippen LogP contribution in [0, 0.1) is 6.92 Å². The Kier molecular flexibility index (Phi) is 3.50. The van der Waals surface area contributed by atoms with Crippen molar-refractivity contribution in [3.05, 3.63) is 35.4 Å². The Labute approximate surface area is 89.4 Å². The van der Waals surface area contributed by atoms with E-state index in [1.54, 1.807) is 25.1 Å². The maximum atomic E-state index is 11.4. The summed E-state index contributed by atoms with van der Waals surface area (Å²) < 4.78 is 0. The molecule has 1 aromatic rings. The summed E-state index contributed by atoms with van der Waals surface area (Å²) >= 11 is 0. The normalized spacial score (nSPS) is 9.53. The number of carbonyl (C=O) groups excluding carboxylic acids is 1. The maximum Gasteiger partial charge on any atom is 0.248 e. The molecule has 1 aromatic carbocycles. The van der Waals surface area contributed by atoms with Gasteiger partial charge in [0.25, 0.3) is 0 Å². The molecule has 0 saturated heterocycles. The van der Waals surface area contributed by atoms with E-state index in [1.165, 1.54) is 6.08 Å². The molecule has 3 nitrogen and oxygen atoms in total. The summed E-state index contributed by atoms with van der Waals surface area (Å²) in [5.74, 6) is 0.00806. The van der Waals surface area contributed by atoms with Gasteiger partial charge in [0, 0.05) is 17.3 Å². The summed E-state index contributed by atoms with van der Waals surface area (Å²) in [7, 11) is 0. The number of aromatic hydroxyl groups is 1. The van der Waals surface area contributed by atoms with Crippen LogP contribution in [0.1, 0.15) is 19.4 Å². The fourth-order valence-corrected chi connectivity index (χ4v) is 1.19. The Morgan fingerprint density at radius 1 is 1.40 bits per heavy atom. The van der Waals surface area contributed by atoms with Crippen LogP contribution in [-0.2, 0) is 4.79 Å². The fraction of sp³-hybridized carbons (Fsp3) is 0.250. The van der Waals surface area contributed by atoms with Gasteiger partial charge in [-0.15, -0.1) is 0 Å². The number of anilines is 1. The predicted molar refractivity (Wildman–Crippen MR) is 60.9 cm³/mol. The van der Waals surface area contributed by atoms with Crippen LogP contribution in [0.25, 0.3) is 0 Å². The molecule has 2 N–H and O–H groups in total. The number of phenols is 1. The van der Waals surface area contributed by atoms with Crippen LogP contribution in [0.2, 0.25) is 0 Å². The molecule has 0 atom stereocenters. The number of carbonyl (C=O) groups is 1. The van der Waals surface area contributed by atoms with Gasteiger partial charge in [0.15, 0.2) is 0 Å². The number of phenolic OH excluding ortho intramolecular Hbond substituents is 1. The minimum atomic E-state index is -0.177. The largest absolute Gasteiger partial charge is 0.508 e. The summed E-state index contributed by atoms with van der Waals surface area (Å²) in [6, 6.07) is 5.04. The number of allylic oxidation sites excluding steroid dienone is 1.